The standard InChI is InChI=1S/C14H23FN4O/c1-2-20-11-5-9-17-14(19-16)18-10-8-12-6-3-4-7-13(12)15/h3-4,6-7H,2,5,8-11,16H2,1H3,(H2,17,18,19). The number of nitrogens with zero attached hydrogens (tertiary/aromatic N) is 1. The number of halogens is 1. The third-order valence-electron chi connectivity index (χ3n) is 2.70. The van der Waals surface area contributed by atoms with Crippen LogP contribution >= 0.6 is 0 Å². The molecule has 0 atom stereocenters. The topological polar surface area (TPSA) is 71.7 Å². The van der Waals surface area contributed by atoms with Crippen LogP contribution in [-0.4, -0.2) is 32.3 Å². The van der Waals surface area contributed by atoms with Crippen LogP contribution in [0.25, 0.3) is 0 Å². The number of hydrogen-bond acceptors (Lipinski definition) is 3. The Hall–Kier alpha value is -1.66. The maximum atomic E-state index is 13.4. The Morgan fingerprint density at radius 3 is 2.90 bits per heavy atom. The van der Waals surface area contributed by atoms with Crippen molar-refractivity contribution in [3.63, 3.8) is 0 Å². The Morgan fingerprint density at radius 1 is 1.40 bits per heavy atom. The summed E-state index contributed by atoms with van der Waals surface area (Å²) in [5.74, 6) is 5.70. The lowest BCUT2D eigenvalue weighted by atomic mass is 10.1. The van der Waals surface area contributed by atoms with Gasteiger partial charge in [-0.25, -0.2) is 10.2 Å². The number of hydrogen-bond donors (Lipinski definition) is 3. The van der Waals surface area contributed by atoms with Crippen LogP contribution in [0.4, 0.5) is 4.39 Å². The van der Waals surface area contributed by atoms with Gasteiger partial charge in [-0.3, -0.25) is 10.4 Å². The Balaban J connectivity index is 2.27. The molecule has 4 N–H and O–H groups in total. The highest BCUT2D eigenvalue weighted by molar-refractivity contribution is 5.79. The summed E-state index contributed by atoms with van der Waals surface area (Å²) in [6, 6.07) is 6.73. The first-order valence-corrected chi connectivity index (χ1v) is 6.84. The van der Waals surface area contributed by atoms with Crippen molar-refractivity contribution in [1.29, 1.82) is 0 Å². The van der Waals surface area contributed by atoms with E-state index in [9.17, 15) is 4.39 Å². The highest BCUT2D eigenvalue weighted by atomic mass is 19.1. The summed E-state index contributed by atoms with van der Waals surface area (Å²) in [5.41, 5.74) is 3.17. The molecule has 0 aliphatic heterocycles. The molecule has 0 aromatic heterocycles. The number of nitrogens with one attached hydrogen (secondary N) is 2. The van der Waals surface area contributed by atoms with Crippen molar-refractivity contribution in [2.75, 3.05) is 26.3 Å². The maximum absolute atomic E-state index is 13.4. The summed E-state index contributed by atoms with van der Waals surface area (Å²) >= 11 is 0. The highest BCUT2D eigenvalue weighted by Gasteiger charge is 2.01. The Kier molecular flexibility index (Phi) is 8.33. The lowest BCUT2D eigenvalue weighted by Gasteiger charge is -2.09. The number of nitrogens with two attached hydrogens (primary N) is 1. The fraction of sp³-hybridized carbons (Fsp3) is 0.500. The van der Waals surface area contributed by atoms with Gasteiger partial charge in [0, 0.05) is 26.3 Å². The molecule has 0 saturated heterocycles. The van der Waals surface area contributed by atoms with E-state index < -0.39 is 0 Å². The van der Waals surface area contributed by atoms with Gasteiger partial charge in [-0.05, 0) is 31.4 Å². The molecule has 6 heteroatoms. The second kappa shape index (κ2) is 10.2. The molecule has 0 aliphatic rings. The van der Waals surface area contributed by atoms with Gasteiger partial charge < -0.3 is 10.1 Å². The van der Waals surface area contributed by atoms with Crippen LogP contribution < -0.4 is 16.6 Å². The maximum Gasteiger partial charge on any atom is 0.205 e. The number of hydrazine groups is 1. The Labute approximate surface area is 119 Å². The smallest absolute Gasteiger partial charge is 0.205 e. The van der Waals surface area contributed by atoms with Crippen molar-refractivity contribution in [3.05, 3.63) is 35.6 Å². The van der Waals surface area contributed by atoms with Gasteiger partial charge in [0.1, 0.15) is 5.82 Å². The average Bonchev–Trinajstić information content (AvgIpc) is 2.47. The largest absolute Gasteiger partial charge is 0.382 e. The van der Waals surface area contributed by atoms with Gasteiger partial charge in [0.15, 0.2) is 0 Å². The predicted octanol–water partition coefficient (Wildman–Crippen LogP) is 1.20. The van der Waals surface area contributed by atoms with Crippen molar-refractivity contribution < 1.29 is 9.13 Å². The average molecular weight is 282 g/mol. The van der Waals surface area contributed by atoms with Crippen molar-refractivity contribution in [2.45, 2.75) is 19.8 Å². The quantitative estimate of drug-likeness (QED) is 0.220. The van der Waals surface area contributed by atoms with Crippen molar-refractivity contribution in [1.82, 2.24) is 10.7 Å². The third kappa shape index (κ3) is 6.49. The van der Waals surface area contributed by atoms with Gasteiger partial charge in [0.25, 0.3) is 0 Å². The van der Waals surface area contributed by atoms with E-state index >= 15 is 0 Å². The van der Waals surface area contributed by atoms with Crippen LogP contribution in [0.1, 0.15) is 18.9 Å². The predicted molar refractivity (Wildman–Crippen MR) is 78.8 cm³/mol. The van der Waals surface area contributed by atoms with Crippen LogP contribution in [0.15, 0.2) is 29.3 Å². The Bertz CT molecular complexity index is 412. The molecule has 0 heterocycles. The van der Waals surface area contributed by atoms with Crippen LogP contribution in [0.5, 0.6) is 0 Å². The monoisotopic (exact) mass is 282 g/mol. The van der Waals surface area contributed by atoms with Gasteiger partial charge in [0.2, 0.25) is 5.96 Å². The molecule has 1 aromatic rings. The summed E-state index contributed by atoms with van der Waals surface area (Å²) in [6.45, 7) is 4.56. The summed E-state index contributed by atoms with van der Waals surface area (Å²) in [6.07, 6.45) is 1.42. The summed E-state index contributed by atoms with van der Waals surface area (Å²) in [7, 11) is 0. The second-order valence-corrected chi connectivity index (χ2v) is 4.19. The molecule has 0 unspecified atom stereocenters. The molecular weight excluding hydrogens is 259 g/mol. The van der Waals surface area contributed by atoms with Crippen molar-refractivity contribution in [3.8, 4) is 0 Å². The van der Waals surface area contributed by atoms with E-state index in [2.05, 4.69) is 15.7 Å². The molecule has 0 radical (unpaired) electrons. The first-order chi connectivity index (χ1) is 9.77. The number of aliphatic imine (C=N–C) groups is 1. The molecule has 112 valence electrons. The normalized spacial score (nSPS) is 11.4. The number of rotatable bonds is 8. The number of ether oxygens (including phenoxy) is 1. The zero-order chi connectivity index (χ0) is 14.6. The zero-order valence-electron chi connectivity index (χ0n) is 11.9. The minimum Gasteiger partial charge on any atom is -0.382 e. The molecule has 20 heavy (non-hydrogen) atoms. The van der Waals surface area contributed by atoms with Gasteiger partial charge in [-0.1, -0.05) is 18.2 Å². The minimum absolute atomic E-state index is 0.190. The fourth-order valence-corrected chi connectivity index (χ4v) is 1.67. The molecule has 0 aliphatic carbocycles. The van der Waals surface area contributed by atoms with E-state index in [1.165, 1.54) is 6.07 Å². The lowest BCUT2D eigenvalue weighted by Crippen LogP contribution is -2.42. The summed E-state index contributed by atoms with van der Waals surface area (Å²) in [5, 5.41) is 3.04. The summed E-state index contributed by atoms with van der Waals surface area (Å²) < 4.78 is 18.6. The van der Waals surface area contributed by atoms with Gasteiger partial charge in [-0.2, -0.15) is 0 Å². The van der Waals surface area contributed by atoms with Crippen LogP contribution in [0, 0.1) is 5.82 Å². The number of benzene rings is 1. The molecule has 5 nitrogen and oxygen atoms in total. The van der Waals surface area contributed by atoms with E-state index in [4.69, 9.17) is 10.6 Å². The molecule has 0 fully saturated rings. The van der Waals surface area contributed by atoms with Gasteiger partial charge >= 0.3 is 0 Å². The Morgan fingerprint density at radius 2 is 2.20 bits per heavy atom. The molecule has 1 aromatic carbocycles. The molecule has 0 amide bonds. The van der Waals surface area contributed by atoms with Gasteiger partial charge in [-0.15, -0.1) is 0 Å². The van der Waals surface area contributed by atoms with Gasteiger partial charge in [0.05, 0.1) is 0 Å². The van der Waals surface area contributed by atoms with Crippen LogP contribution in [-0.2, 0) is 11.2 Å². The zero-order valence-corrected chi connectivity index (χ0v) is 11.9. The highest BCUT2D eigenvalue weighted by Crippen LogP contribution is 2.05. The van der Waals surface area contributed by atoms with E-state index in [0.29, 0.717) is 44.2 Å². The first-order valence-electron chi connectivity index (χ1n) is 6.84. The fourth-order valence-electron chi connectivity index (χ4n) is 1.67. The number of guanidine groups is 1. The van der Waals surface area contributed by atoms with E-state index in [-0.39, 0.29) is 5.82 Å². The minimum atomic E-state index is -0.190. The molecular formula is C14H23FN4O. The molecule has 0 spiro atoms. The van der Waals surface area contributed by atoms with E-state index in [1.807, 2.05) is 13.0 Å². The van der Waals surface area contributed by atoms with Crippen LogP contribution in [0.3, 0.4) is 0 Å². The lowest BCUT2D eigenvalue weighted by molar-refractivity contribution is 0.146. The molecule has 0 saturated carbocycles. The molecule has 1 rings (SSSR count). The van der Waals surface area contributed by atoms with Crippen LogP contribution in [0.2, 0.25) is 0 Å². The first kappa shape index (κ1) is 16.4. The van der Waals surface area contributed by atoms with E-state index in [1.54, 1.807) is 12.1 Å². The van der Waals surface area contributed by atoms with E-state index in [0.717, 1.165) is 6.42 Å². The second-order valence-electron chi connectivity index (χ2n) is 4.19. The SMILES string of the molecule is CCOCCCN=C(NN)NCCc1ccccc1F. The van der Waals surface area contributed by atoms with Crippen molar-refractivity contribution >= 4 is 5.96 Å². The summed E-state index contributed by atoms with van der Waals surface area (Å²) in [4.78, 5) is 4.26. The van der Waals surface area contributed by atoms with Crippen molar-refractivity contribution in [2.24, 2.45) is 10.8 Å². The third-order valence-corrected chi connectivity index (χ3v) is 2.70. The molecule has 0 bridgehead atoms.